The fourth-order valence-electron chi connectivity index (χ4n) is 4.44. The molecule has 0 unspecified atom stereocenters. The molecule has 2 aromatic heterocycles. The lowest BCUT2D eigenvalue weighted by Crippen LogP contribution is -2.06. The van der Waals surface area contributed by atoms with Crippen LogP contribution in [0.1, 0.15) is 49.1 Å². The van der Waals surface area contributed by atoms with Gasteiger partial charge in [-0.2, -0.15) is 0 Å². The summed E-state index contributed by atoms with van der Waals surface area (Å²) in [6.45, 7) is 2.09. The zero-order chi connectivity index (χ0) is 20.3. The van der Waals surface area contributed by atoms with Gasteiger partial charge in [-0.15, -0.1) is 10.2 Å². The van der Waals surface area contributed by atoms with E-state index in [1.165, 1.54) is 43.2 Å². The third kappa shape index (κ3) is 3.63. The topological polar surface area (TPSA) is 56.5 Å². The van der Waals surface area contributed by atoms with E-state index in [0.29, 0.717) is 5.92 Å². The van der Waals surface area contributed by atoms with Crippen LogP contribution >= 0.6 is 0 Å². The Morgan fingerprint density at radius 3 is 2.27 bits per heavy atom. The highest BCUT2D eigenvalue weighted by Gasteiger charge is 2.20. The number of aryl methyl sites for hydroxylation is 1. The van der Waals surface area contributed by atoms with Crippen LogP contribution in [0.15, 0.2) is 67.1 Å². The van der Waals surface area contributed by atoms with Crippen molar-refractivity contribution in [3.8, 4) is 28.6 Å². The summed E-state index contributed by atoms with van der Waals surface area (Å²) in [5.41, 5.74) is 4.69. The molecule has 2 heterocycles. The molecule has 0 bridgehead atoms. The zero-order valence-electron chi connectivity index (χ0n) is 17.2. The molecule has 150 valence electrons. The molecule has 1 saturated carbocycles. The molecule has 0 spiro atoms. The summed E-state index contributed by atoms with van der Waals surface area (Å²) in [5.74, 6) is 3.01. The predicted molar refractivity (Wildman–Crippen MR) is 118 cm³/mol. The van der Waals surface area contributed by atoms with Crippen LogP contribution in [0.4, 0.5) is 0 Å². The van der Waals surface area contributed by atoms with Crippen molar-refractivity contribution in [1.82, 2.24) is 24.7 Å². The molecule has 30 heavy (non-hydrogen) atoms. The van der Waals surface area contributed by atoms with Crippen molar-refractivity contribution in [2.75, 3.05) is 0 Å². The Balaban J connectivity index is 1.64. The van der Waals surface area contributed by atoms with E-state index in [4.69, 9.17) is 0 Å². The maximum absolute atomic E-state index is 4.61. The quantitative estimate of drug-likeness (QED) is 0.442. The number of aromatic nitrogens is 5. The maximum Gasteiger partial charge on any atom is 0.170 e. The van der Waals surface area contributed by atoms with E-state index >= 15 is 0 Å². The molecule has 0 saturated heterocycles. The predicted octanol–water partition coefficient (Wildman–Crippen LogP) is 5.75. The van der Waals surface area contributed by atoms with E-state index in [0.717, 1.165) is 28.6 Å². The molecule has 1 aliphatic carbocycles. The average molecular weight is 396 g/mol. The number of benzene rings is 2. The molecule has 5 heteroatoms. The first-order valence-corrected chi connectivity index (χ1v) is 10.7. The van der Waals surface area contributed by atoms with E-state index < -0.39 is 0 Å². The van der Waals surface area contributed by atoms with Crippen molar-refractivity contribution in [2.45, 2.75) is 44.9 Å². The van der Waals surface area contributed by atoms with Gasteiger partial charge in [-0.05, 0) is 49.4 Å². The lowest BCUT2D eigenvalue weighted by molar-refractivity contribution is 0.443. The van der Waals surface area contributed by atoms with Crippen LogP contribution in [-0.2, 0) is 0 Å². The molecule has 0 radical (unpaired) electrons. The first kappa shape index (κ1) is 18.7. The monoisotopic (exact) mass is 395 g/mol. The molecule has 5 nitrogen and oxygen atoms in total. The number of hydrogen-bond acceptors (Lipinski definition) is 4. The van der Waals surface area contributed by atoms with Crippen molar-refractivity contribution in [2.24, 2.45) is 0 Å². The Bertz CT molecular complexity index is 1140. The van der Waals surface area contributed by atoms with E-state index in [-0.39, 0.29) is 0 Å². The highest BCUT2D eigenvalue weighted by atomic mass is 15.3. The average Bonchev–Trinajstić information content (AvgIpc) is 3.26. The molecule has 1 aliphatic rings. The second kappa shape index (κ2) is 8.19. The molecule has 0 N–H and O–H groups in total. The summed E-state index contributed by atoms with van der Waals surface area (Å²) in [4.78, 5) is 8.58. The Morgan fingerprint density at radius 2 is 1.57 bits per heavy atom. The standard InChI is InChI=1S/C25H25N5/c1-18-7-5-11-21(15-18)24-28-29-25(30(24)23-13-14-26-17-27-23)22-12-6-10-20(16-22)19-8-3-2-4-9-19/h5-7,10-17,19H,2-4,8-9H2,1H3. The number of nitrogens with zero attached hydrogens (tertiary/aromatic N) is 5. The van der Waals surface area contributed by atoms with Gasteiger partial charge in [-0.25, -0.2) is 9.97 Å². The molecule has 0 atom stereocenters. The minimum atomic E-state index is 0.644. The third-order valence-electron chi connectivity index (χ3n) is 5.96. The second-order valence-electron chi connectivity index (χ2n) is 8.08. The molecule has 1 fully saturated rings. The van der Waals surface area contributed by atoms with Gasteiger partial charge in [0.25, 0.3) is 0 Å². The first-order chi connectivity index (χ1) is 14.8. The minimum Gasteiger partial charge on any atom is -0.258 e. The van der Waals surface area contributed by atoms with Gasteiger partial charge in [-0.3, -0.25) is 4.57 Å². The lowest BCUT2D eigenvalue weighted by atomic mass is 9.83. The lowest BCUT2D eigenvalue weighted by Gasteiger charge is -2.22. The number of rotatable bonds is 4. The van der Waals surface area contributed by atoms with E-state index in [9.17, 15) is 0 Å². The Morgan fingerprint density at radius 1 is 0.833 bits per heavy atom. The van der Waals surface area contributed by atoms with Crippen molar-refractivity contribution < 1.29 is 0 Å². The largest absolute Gasteiger partial charge is 0.258 e. The van der Waals surface area contributed by atoms with E-state index in [1.807, 2.05) is 16.7 Å². The summed E-state index contributed by atoms with van der Waals surface area (Å²) < 4.78 is 2.04. The van der Waals surface area contributed by atoms with Crippen LogP contribution in [0.25, 0.3) is 28.6 Å². The smallest absolute Gasteiger partial charge is 0.170 e. The van der Waals surface area contributed by atoms with Crippen LogP contribution < -0.4 is 0 Å². The normalized spacial score (nSPS) is 14.7. The Labute approximate surface area is 176 Å². The Kier molecular flexibility index (Phi) is 5.10. The van der Waals surface area contributed by atoms with Gasteiger partial charge < -0.3 is 0 Å². The zero-order valence-corrected chi connectivity index (χ0v) is 17.2. The van der Waals surface area contributed by atoms with Gasteiger partial charge in [-0.1, -0.05) is 61.2 Å². The highest BCUT2D eigenvalue weighted by molar-refractivity contribution is 5.66. The van der Waals surface area contributed by atoms with Gasteiger partial charge >= 0.3 is 0 Å². The van der Waals surface area contributed by atoms with Crippen LogP contribution in [-0.4, -0.2) is 24.7 Å². The molecule has 0 aliphatic heterocycles. The van der Waals surface area contributed by atoms with E-state index in [2.05, 4.69) is 69.6 Å². The summed E-state index contributed by atoms with van der Waals surface area (Å²) in [5, 5.41) is 9.18. The number of hydrogen-bond donors (Lipinski definition) is 0. The van der Waals surface area contributed by atoms with Crippen LogP contribution in [0, 0.1) is 6.92 Å². The van der Waals surface area contributed by atoms with Gasteiger partial charge in [0, 0.05) is 17.3 Å². The van der Waals surface area contributed by atoms with Crippen LogP contribution in [0.5, 0.6) is 0 Å². The van der Waals surface area contributed by atoms with Gasteiger partial charge in [0.05, 0.1) is 0 Å². The molecule has 4 aromatic rings. The summed E-state index contributed by atoms with van der Waals surface area (Å²) in [6, 6.07) is 19.0. The van der Waals surface area contributed by atoms with E-state index in [1.54, 1.807) is 12.5 Å². The van der Waals surface area contributed by atoms with Crippen LogP contribution in [0.3, 0.4) is 0 Å². The second-order valence-corrected chi connectivity index (χ2v) is 8.08. The molecular weight excluding hydrogens is 370 g/mol. The summed E-state index contributed by atoms with van der Waals surface area (Å²) in [6.07, 6.45) is 9.88. The van der Waals surface area contributed by atoms with Crippen molar-refractivity contribution in [1.29, 1.82) is 0 Å². The maximum atomic E-state index is 4.61. The van der Waals surface area contributed by atoms with Crippen LogP contribution in [0.2, 0.25) is 0 Å². The van der Waals surface area contributed by atoms with Crippen molar-refractivity contribution >= 4 is 0 Å². The molecule has 0 amide bonds. The SMILES string of the molecule is Cc1cccc(-c2nnc(-c3cccc(C4CCCCC4)c3)n2-c2ccncn2)c1. The van der Waals surface area contributed by atoms with Gasteiger partial charge in [0.1, 0.15) is 12.1 Å². The highest BCUT2D eigenvalue weighted by Crippen LogP contribution is 2.35. The molecule has 5 rings (SSSR count). The third-order valence-corrected chi connectivity index (χ3v) is 5.96. The van der Waals surface area contributed by atoms with Crippen molar-refractivity contribution in [3.05, 3.63) is 78.2 Å². The molecule has 2 aromatic carbocycles. The van der Waals surface area contributed by atoms with Crippen molar-refractivity contribution in [3.63, 3.8) is 0 Å². The van der Waals surface area contributed by atoms with Gasteiger partial charge in [0.15, 0.2) is 11.6 Å². The Hall–Kier alpha value is -3.34. The minimum absolute atomic E-state index is 0.644. The molecular formula is C25H25N5. The first-order valence-electron chi connectivity index (χ1n) is 10.7. The summed E-state index contributed by atoms with van der Waals surface area (Å²) >= 11 is 0. The fourth-order valence-corrected chi connectivity index (χ4v) is 4.44. The summed E-state index contributed by atoms with van der Waals surface area (Å²) in [7, 11) is 0. The fraction of sp³-hybridized carbons (Fsp3) is 0.280. The van der Waals surface area contributed by atoms with Gasteiger partial charge in [0.2, 0.25) is 0 Å².